The molecule has 0 saturated carbocycles. The summed E-state index contributed by atoms with van der Waals surface area (Å²) in [4.78, 5) is 1.22. The molecule has 0 radical (unpaired) electrons. The van der Waals surface area contributed by atoms with Crippen LogP contribution in [0.5, 0.6) is 0 Å². The lowest BCUT2D eigenvalue weighted by Gasteiger charge is -2.14. The molecule has 0 aliphatic carbocycles. The van der Waals surface area contributed by atoms with Crippen molar-refractivity contribution in [2.75, 3.05) is 6.26 Å². The minimum Gasteiger partial charge on any atom is -0.384 e. The highest BCUT2D eigenvalue weighted by Gasteiger charge is 2.11. The van der Waals surface area contributed by atoms with Gasteiger partial charge in [0.2, 0.25) is 0 Å². The van der Waals surface area contributed by atoms with Gasteiger partial charge in [-0.25, -0.2) is 0 Å². The van der Waals surface area contributed by atoms with Crippen molar-refractivity contribution in [2.45, 2.75) is 31.3 Å². The molecule has 0 aromatic heterocycles. The highest BCUT2D eigenvalue weighted by Crippen LogP contribution is 2.25. The maximum Gasteiger partial charge on any atom is 0.104 e. The van der Waals surface area contributed by atoms with E-state index in [1.807, 2.05) is 24.3 Å². The maximum atomic E-state index is 10.5. The summed E-state index contributed by atoms with van der Waals surface area (Å²) in [5, 5.41) is 10.5. The monoisotopic (exact) mass is 286 g/mol. The zero-order valence-corrected chi connectivity index (χ0v) is 13.2. The second-order valence-electron chi connectivity index (χ2n) is 5.52. The van der Waals surface area contributed by atoms with Gasteiger partial charge in [0.15, 0.2) is 0 Å². The van der Waals surface area contributed by atoms with Crippen LogP contribution in [0.2, 0.25) is 0 Å². The Kier molecular flexibility index (Phi) is 5.27. The van der Waals surface area contributed by atoms with Gasteiger partial charge in [0, 0.05) is 4.90 Å². The number of aliphatic hydroxyl groups excluding tert-OH is 1. The predicted molar refractivity (Wildman–Crippen MR) is 87.3 cm³/mol. The first-order chi connectivity index (χ1) is 9.60. The van der Waals surface area contributed by atoms with Gasteiger partial charge in [-0.05, 0) is 47.4 Å². The van der Waals surface area contributed by atoms with Crippen molar-refractivity contribution in [3.8, 4) is 0 Å². The summed E-state index contributed by atoms with van der Waals surface area (Å²) in [5.74, 6) is 0.628. The summed E-state index contributed by atoms with van der Waals surface area (Å²) in [5.41, 5.74) is 3.21. The summed E-state index contributed by atoms with van der Waals surface area (Å²) in [6.45, 7) is 4.43. The van der Waals surface area contributed by atoms with Gasteiger partial charge in [-0.2, -0.15) is 0 Å². The summed E-state index contributed by atoms with van der Waals surface area (Å²) < 4.78 is 0. The molecule has 2 rings (SSSR count). The third-order valence-corrected chi connectivity index (χ3v) is 4.09. The Labute approximate surface area is 126 Å². The Morgan fingerprint density at radius 2 is 1.70 bits per heavy atom. The highest BCUT2D eigenvalue weighted by atomic mass is 32.2. The van der Waals surface area contributed by atoms with E-state index >= 15 is 0 Å². The summed E-state index contributed by atoms with van der Waals surface area (Å²) in [7, 11) is 0. The summed E-state index contributed by atoms with van der Waals surface area (Å²) in [6, 6.07) is 16.4. The number of thioether (sulfide) groups is 1. The fourth-order valence-corrected chi connectivity index (χ4v) is 2.75. The molecule has 0 aliphatic rings. The van der Waals surface area contributed by atoms with Crippen LogP contribution in [0.15, 0.2) is 53.4 Å². The molecule has 0 spiro atoms. The molecule has 0 heterocycles. The molecule has 0 amide bonds. The van der Waals surface area contributed by atoms with Crippen molar-refractivity contribution in [3.05, 3.63) is 65.2 Å². The number of hydrogen-bond donors (Lipinski definition) is 1. The summed E-state index contributed by atoms with van der Waals surface area (Å²) >= 11 is 1.71. The van der Waals surface area contributed by atoms with E-state index in [1.165, 1.54) is 10.5 Å². The van der Waals surface area contributed by atoms with Crippen molar-refractivity contribution < 1.29 is 5.11 Å². The largest absolute Gasteiger partial charge is 0.384 e. The van der Waals surface area contributed by atoms with Gasteiger partial charge in [0.25, 0.3) is 0 Å². The Hall–Kier alpha value is -1.25. The Morgan fingerprint density at radius 1 is 1.00 bits per heavy atom. The van der Waals surface area contributed by atoms with E-state index in [9.17, 15) is 5.11 Å². The van der Waals surface area contributed by atoms with Crippen LogP contribution >= 0.6 is 11.8 Å². The third-order valence-electron chi connectivity index (χ3n) is 3.34. The average Bonchev–Trinajstić information content (AvgIpc) is 2.46. The molecule has 1 N–H and O–H groups in total. The van der Waals surface area contributed by atoms with E-state index < -0.39 is 6.10 Å². The molecule has 1 atom stereocenters. The van der Waals surface area contributed by atoms with Crippen LogP contribution in [-0.2, 0) is 6.42 Å². The SMILES string of the molecule is CSc1ccc(C(O)c2cccc(CC(C)C)c2)cc1. The maximum absolute atomic E-state index is 10.5. The summed E-state index contributed by atoms with van der Waals surface area (Å²) in [6.07, 6.45) is 2.56. The number of benzene rings is 2. The Bertz CT molecular complexity index is 546. The standard InChI is InChI=1S/C18H22OS/c1-13(2)11-14-5-4-6-16(12-14)18(19)15-7-9-17(20-3)10-8-15/h4-10,12-13,18-19H,11H2,1-3H3. The third kappa shape index (κ3) is 3.87. The smallest absolute Gasteiger partial charge is 0.104 e. The van der Waals surface area contributed by atoms with Crippen molar-refractivity contribution in [3.63, 3.8) is 0 Å². The number of rotatable bonds is 5. The molecule has 2 aromatic rings. The topological polar surface area (TPSA) is 20.2 Å². The average molecular weight is 286 g/mol. The first kappa shape index (κ1) is 15.1. The molecule has 20 heavy (non-hydrogen) atoms. The van der Waals surface area contributed by atoms with Crippen LogP contribution in [0, 0.1) is 5.92 Å². The fourth-order valence-electron chi connectivity index (χ4n) is 2.34. The van der Waals surface area contributed by atoms with Crippen molar-refractivity contribution >= 4 is 11.8 Å². The van der Waals surface area contributed by atoms with E-state index in [0.717, 1.165) is 17.5 Å². The van der Waals surface area contributed by atoms with Gasteiger partial charge < -0.3 is 5.11 Å². The minimum absolute atomic E-state index is 0.544. The lowest BCUT2D eigenvalue weighted by Crippen LogP contribution is -2.01. The van der Waals surface area contributed by atoms with E-state index in [0.29, 0.717) is 5.92 Å². The molecular weight excluding hydrogens is 264 g/mol. The Morgan fingerprint density at radius 3 is 2.30 bits per heavy atom. The van der Waals surface area contributed by atoms with E-state index in [2.05, 4.69) is 44.4 Å². The van der Waals surface area contributed by atoms with Crippen molar-refractivity contribution in [1.82, 2.24) is 0 Å². The molecule has 2 heteroatoms. The first-order valence-corrected chi connectivity index (χ1v) is 8.23. The molecule has 0 aliphatic heterocycles. The van der Waals surface area contributed by atoms with Crippen LogP contribution in [0.1, 0.15) is 36.6 Å². The second kappa shape index (κ2) is 6.96. The van der Waals surface area contributed by atoms with Crippen LogP contribution in [0.4, 0.5) is 0 Å². The lowest BCUT2D eigenvalue weighted by molar-refractivity contribution is 0.220. The molecule has 0 bridgehead atoms. The van der Waals surface area contributed by atoms with Crippen molar-refractivity contribution in [1.29, 1.82) is 0 Å². The lowest BCUT2D eigenvalue weighted by atomic mass is 9.96. The van der Waals surface area contributed by atoms with Crippen LogP contribution in [-0.4, -0.2) is 11.4 Å². The predicted octanol–water partition coefficient (Wildman–Crippen LogP) is 4.69. The van der Waals surface area contributed by atoms with Crippen LogP contribution in [0.25, 0.3) is 0 Å². The quantitative estimate of drug-likeness (QED) is 0.805. The second-order valence-corrected chi connectivity index (χ2v) is 6.40. The zero-order valence-electron chi connectivity index (χ0n) is 12.3. The van der Waals surface area contributed by atoms with E-state index in [1.54, 1.807) is 11.8 Å². The van der Waals surface area contributed by atoms with Gasteiger partial charge in [-0.15, -0.1) is 11.8 Å². The minimum atomic E-state index is -0.544. The molecule has 1 nitrogen and oxygen atoms in total. The molecule has 2 aromatic carbocycles. The van der Waals surface area contributed by atoms with Gasteiger partial charge in [0.1, 0.15) is 6.10 Å². The zero-order chi connectivity index (χ0) is 14.5. The Balaban J connectivity index is 2.20. The number of hydrogen-bond acceptors (Lipinski definition) is 2. The van der Waals surface area contributed by atoms with Gasteiger partial charge in [-0.1, -0.05) is 50.2 Å². The number of aliphatic hydroxyl groups is 1. The molecular formula is C18H22OS. The van der Waals surface area contributed by atoms with E-state index in [-0.39, 0.29) is 0 Å². The van der Waals surface area contributed by atoms with Gasteiger partial charge in [0.05, 0.1) is 0 Å². The first-order valence-electron chi connectivity index (χ1n) is 7.01. The molecule has 106 valence electrons. The van der Waals surface area contributed by atoms with Crippen LogP contribution < -0.4 is 0 Å². The van der Waals surface area contributed by atoms with Crippen molar-refractivity contribution in [2.24, 2.45) is 5.92 Å². The highest BCUT2D eigenvalue weighted by molar-refractivity contribution is 7.98. The molecule has 0 saturated heterocycles. The molecule has 1 unspecified atom stereocenters. The normalized spacial score (nSPS) is 12.7. The van der Waals surface area contributed by atoms with E-state index in [4.69, 9.17) is 0 Å². The molecule has 0 fully saturated rings. The van der Waals surface area contributed by atoms with Gasteiger partial charge >= 0.3 is 0 Å². The fraction of sp³-hybridized carbons (Fsp3) is 0.333. The van der Waals surface area contributed by atoms with Gasteiger partial charge in [-0.3, -0.25) is 0 Å². The van der Waals surface area contributed by atoms with Crippen LogP contribution in [0.3, 0.4) is 0 Å².